The number of esters is 1. The van der Waals surface area contributed by atoms with Gasteiger partial charge in [0.1, 0.15) is 6.10 Å². The molecule has 0 aromatic rings. The third-order valence-corrected chi connectivity index (χ3v) is 9.75. The van der Waals surface area contributed by atoms with E-state index in [0.717, 1.165) is 19.3 Å². The van der Waals surface area contributed by atoms with Crippen molar-refractivity contribution in [2.45, 2.75) is 238 Å². The highest BCUT2D eigenvalue weighted by molar-refractivity contribution is 5.69. The van der Waals surface area contributed by atoms with Crippen molar-refractivity contribution in [2.24, 2.45) is 0 Å². The molecule has 0 aromatic carbocycles. The Hall–Kier alpha value is -1.13. The molecule has 0 saturated carbocycles. The molecule has 0 radical (unpaired) electrons. The molecular weight excluding hydrogens is 604 g/mol. The highest BCUT2D eigenvalue weighted by atomic mass is 16.6. The van der Waals surface area contributed by atoms with Crippen molar-refractivity contribution in [1.82, 2.24) is 0 Å². The van der Waals surface area contributed by atoms with Crippen molar-refractivity contribution < 1.29 is 19.4 Å². The molecule has 0 aliphatic rings. The Morgan fingerprint density at radius 1 is 0.469 bits per heavy atom. The Kier molecular flexibility index (Phi) is 42.0. The van der Waals surface area contributed by atoms with Gasteiger partial charge < -0.3 is 14.6 Å². The zero-order valence-electron chi connectivity index (χ0n) is 33.2. The molecule has 0 aliphatic carbocycles. The van der Waals surface area contributed by atoms with E-state index in [4.69, 9.17) is 9.47 Å². The second-order valence-electron chi connectivity index (χ2n) is 14.8. The SMILES string of the molecule is CCCCCCCCC/C=C\CCCCCCCCCCOCC(CO)OC(=O)CCCCCCCCC/C=C\CCCCCCCCC. The van der Waals surface area contributed by atoms with Crippen LogP contribution in [0.3, 0.4) is 0 Å². The van der Waals surface area contributed by atoms with Crippen molar-refractivity contribution in [1.29, 1.82) is 0 Å². The smallest absolute Gasteiger partial charge is 0.306 e. The molecule has 0 spiro atoms. The van der Waals surface area contributed by atoms with E-state index in [2.05, 4.69) is 38.2 Å². The van der Waals surface area contributed by atoms with E-state index < -0.39 is 6.10 Å². The molecule has 0 amide bonds. The van der Waals surface area contributed by atoms with E-state index in [9.17, 15) is 9.90 Å². The Morgan fingerprint density at radius 3 is 1.16 bits per heavy atom. The first-order valence-corrected chi connectivity index (χ1v) is 21.9. The third kappa shape index (κ3) is 41.2. The lowest BCUT2D eigenvalue weighted by atomic mass is 10.1. The van der Waals surface area contributed by atoms with Gasteiger partial charge in [-0.2, -0.15) is 0 Å². The van der Waals surface area contributed by atoms with Gasteiger partial charge in [0.05, 0.1) is 13.2 Å². The van der Waals surface area contributed by atoms with Crippen LogP contribution in [-0.4, -0.2) is 37.0 Å². The number of carbonyl (C=O) groups excluding carboxylic acids is 1. The van der Waals surface area contributed by atoms with Crippen LogP contribution in [0.25, 0.3) is 0 Å². The van der Waals surface area contributed by atoms with E-state index in [1.807, 2.05) is 0 Å². The van der Waals surface area contributed by atoms with Crippen LogP contribution >= 0.6 is 0 Å². The monoisotopic (exact) mass is 691 g/mol. The van der Waals surface area contributed by atoms with Crippen LogP contribution in [0.1, 0.15) is 232 Å². The van der Waals surface area contributed by atoms with Crippen molar-refractivity contribution >= 4 is 5.97 Å². The number of aliphatic hydroxyl groups excluding tert-OH is 1. The van der Waals surface area contributed by atoms with Crippen LogP contribution in [0, 0.1) is 0 Å². The van der Waals surface area contributed by atoms with Gasteiger partial charge in [-0.1, -0.05) is 186 Å². The first-order chi connectivity index (χ1) is 24.2. The second-order valence-corrected chi connectivity index (χ2v) is 14.8. The van der Waals surface area contributed by atoms with Gasteiger partial charge in [0.2, 0.25) is 0 Å². The predicted molar refractivity (Wildman–Crippen MR) is 214 cm³/mol. The summed E-state index contributed by atoms with van der Waals surface area (Å²) in [4.78, 5) is 12.2. The van der Waals surface area contributed by atoms with Gasteiger partial charge >= 0.3 is 5.97 Å². The van der Waals surface area contributed by atoms with Crippen LogP contribution in [-0.2, 0) is 14.3 Å². The first kappa shape index (κ1) is 47.9. The lowest BCUT2D eigenvalue weighted by molar-refractivity contribution is -0.154. The van der Waals surface area contributed by atoms with Gasteiger partial charge in [0.15, 0.2) is 0 Å². The quantitative estimate of drug-likeness (QED) is 0.0394. The molecule has 49 heavy (non-hydrogen) atoms. The molecule has 1 atom stereocenters. The van der Waals surface area contributed by atoms with Crippen LogP contribution < -0.4 is 0 Å². The first-order valence-electron chi connectivity index (χ1n) is 21.9. The van der Waals surface area contributed by atoms with E-state index in [1.165, 1.54) is 193 Å². The third-order valence-electron chi connectivity index (χ3n) is 9.75. The highest BCUT2D eigenvalue weighted by Crippen LogP contribution is 2.14. The van der Waals surface area contributed by atoms with Crippen LogP contribution in [0.4, 0.5) is 0 Å². The molecule has 1 N–H and O–H groups in total. The number of hydrogen-bond acceptors (Lipinski definition) is 4. The highest BCUT2D eigenvalue weighted by Gasteiger charge is 2.13. The van der Waals surface area contributed by atoms with E-state index in [-0.39, 0.29) is 12.6 Å². The summed E-state index contributed by atoms with van der Waals surface area (Å²) >= 11 is 0. The molecule has 0 fully saturated rings. The fraction of sp³-hybridized carbons (Fsp3) is 0.889. The van der Waals surface area contributed by atoms with Gasteiger partial charge in [0.25, 0.3) is 0 Å². The normalized spacial score (nSPS) is 12.5. The van der Waals surface area contributed by atoms with Crippen molar-refractivity contribution in [2.75, 3.05) is 19.8 Å². The minimum atomic E-state index is -0.535. The molecule has 0 aromatic heterocycles. The zero-order chi connectivity index (χ0) is 35.6. The van der Waals surface area contributed by atoms with Gasteiger partial charge in [-0.15, -0.1) is 0 Å². The molecule has 290 valence electrons. The summed E-state index contributed by atoms with van der Waals surface area (Å²) in [5, 5.41) is 9.60. The van der Waals surface area contributed by atoms with Gasteiger partial charge in [-0.3, -0.25) is 4.79 Å². The van der Waals surface area contributed by atoms with Gasteiger partial charge in [0, 0.05) is 13.0 Å². The van der Waals surface area contributed by atoms with E-state index in [1.54, 1.807) is 0 Å². The summed E-state index contributed by atoms with van der Waals surface area (Å²) < 4.78 is 11.2. The Morgan fingerprint density at radius 2 is 0.796 bits per heavy atom. The predicted octanol–water partition coefficient (Wildman–Crippen LogP) is 14.3. The fourth-order valence-corrected chi connectivity index (χ4v) is 6.44. The van der Waals surface area contributed by atoms with Gasteiger partial charge in [-0.25, -0.2) is 0 Å². The second kappa shape index (κ2) is 43.0. The van der Waals surface area contributed by atoms with Crippen molar-refractivity contribution in [3.8, 4) is 0 Å². The van der Waals surface area contributed by atoms with Crippen LogP contribution in [0.2, 0.25) is 0 Å². The molecule has 0 heterocycles. The maximum absolute atomic E-state index is 12.2. The lowest BCUT2D eigenvalue weighted by Crippen LogP contribution is -2.27. The zero-order valence-corrected chi connectivity index (χ0v) is 33.2. The average Bonchev–Trinajstić information content (AvgIpc) is 3.11. The lowest BCUT2D eigenvalue weighted by Gasteiger charge is -2.16. The molecule has 0 aliphatic heterocycles. The summed E-state index contributed by atoms with van der Waals surface area (Å²) in [6.07, 6.45) is 52.4. The van der Waals surface area contributed by atoms with E-state index >= 15 is 0 Å². The topological polar surface area (TPSA) is 55.8 Å². The summed E-state index contributed by atoms with van der Waals surface area (Å²) in [6, 6.07) is 0. The number of ether oxygens (including phenoxy) is 2. The Labute approximate surface area is 307 Å². The van der Waals surface area contributed by atoms with Crippen LogP contribution in [0.15, 0.2) is 24.3 Å². The number of allylic oxidation sites excluding steroid dienone is 4. The maximum atomic E-state index is 12.2. The molecule has 0 bridgehead atoms. The summed E-state index contributed by atoms with van der Waals surface area (Å²) in [7, 11) is 0. The number of aliphatic hydroxyl groups is 1. The maximum Gasteiger partial charge on any atom is 0.306 e. The largest absolute Gasteiger partial charge is 0.457 e. The Bertz CT molecular complexity index is 688. The standard InChI is InChI=1S/C45H86O4/c1-3-5-7-9-11-13-15-17-19-21-23-25-27-29-31-33-35-37-39-41-48-43-44(42-46)49-45(47)40-38-36-34-32-30-28-26-24-22-20-18-16-14-12-10-8-6-4-2/h19-22,44,46H,3-18,23-43H2,1-2H3/b21-19-,22-20-. The molecule has 0 rings (SSSR count). The molecular formula is C45H86O4. The minimum Gasteiger partial charge on any atom is -0.457 e. The molecule has 0 saturated heterocycles. The Balaban J connectivity index is 3.41. The van der Waals surface area contributed by atoms with Crippen molar-refractivity contribution in [3.63, 3.8) is 0 Å². The number of rotatable bonds is 41. The fourth-order valence-electron chi connectivity index (χ4n) is 6.44. The summed E-state index contributed by atoms with van der Waals surface area (Å²) in [5.41, 5.74) is 0. The summed E-state index contributed by atoms with van der Waals surface area (Å²) in [6.45, 7) is 5.36. The average molecular weight is 691 g/mol. The van der Waals surface area contributed by atoms with Crippen LogP contribution in [0.5, 0.6) is 0 Å². The van der Waals surface area contributed by atoms with Crippen molar-refractivity contribution in [3.05, 3.63) is 24.3 Å². The van der Waals surface area contributed by atoms with Gasteiger partial charge in [-0.05, 0) is 64.2 Å². The summed E-state index contributed by atoms with van der Waals surface area (Å²) in [5.74, 6) is -0.203. The van der Waals surface area contributed by atoms with E-state index in [0.29, 0.717) is 19.6 Å². The molecule has 4 nitrogen and oxygen atoms in total. The number of unbranched alkanes of at least 4 members (excludes halogenated alkanes) is 29. The molecule has 1 unspecified atom stereocenters. The minimum absolute atomic E-state index is 0.172. The number of carbonyl (C=O) groups is 1. The molecule has 4 heteroatoms. The number of hydrogen-bond donors (Lipinski definition) is 1.